The number of tetrazole rings is 1. The lowest BCUT2D eigenvalue weighted by Gasteiger charge is -2.07. The third kappa shape index (κ3) is 7.01. The number of benzene rings is 1. The van der Waals surface area contributed by atoms with Crippen molar-refractivity contribution in [3.8, 4) is 5.69 Å². The Kier molecular flexibility index (Phi) is 8.76. The monoisotopic (exact) mass is 390 g/mol. The molecule has 2 rings (SSSR count). The second-order valence-electron chi connectivity index (χ2n) is 6.06. The number of carbonyl (C=O) groups excluding carboxylic acids is 2. The number of carbonyl (C=O) groups is 2. The summed E-state index contributed by atoms with van der Waals surface area (Å²) in [6.07, 6.45) is 4.24. The zero-order valence-electron chi connectivity index (χ0n) is 15.8. The Bertz CT molecular complexity index is 732. The molecule has 8 nitrogen and oxygen atoms in total. The molecule has 27 heavy (non-hydrogen) atoms. The number of hydrogen-bond acceptors (Lipinski definition) is 6. The molecule has 146 valence electrons. The summed E-state index contributed by atoms with van der Waals surface area (Å²) in [4.78, 5) is 23.4. The van der Waals surface area contributed by atoms with E-state index >= 15 is 0 Å². The van der Waals surface area contributed by atoms with Gasteiger partial charge >= 0.3 is 0 Å². The van der Waals surface area contributed by atoms with E-state index in [9.17, 15) is 9.59 Å². The molecule has 1 aromatic carbocycles. The van der Waals surface area contributed by atoms with Crippen LogP contribution in [0.2, 0.25) is 0 Å². The summed E-state index contributed by atoms with van der Waals surface area (Å²) in [6.45, 7) is 4.73. The van der Waals surface area contributed by atoms with E-state index in [-0.39, 0.29) is 24.1 Å². The maximum absolute atomic E-state index is 11.9. The van der Waals surface area contributed by atoms with Crippen molar-refractivity contribution in [1.29, 1.82) is 0 Å². The number of amides is 2. The van der Waals surface area contributed by atoms with E-state index in [4.69, 9.17) is 0 Å². The van der Waals surface area contributed by atoms with Gasteiger partial charge in [-0.25, -0.2) is 0 Å². The van der Waals surface area contributed by atoms with Gasteiger partial charge in [0, 0.05) is 6.54 Å². The van der Waals surface area contributed by atoms with Crippen molar-refractivity contribution >= 4 is 23.6 Å². The Hall–Kier alpha value is -2.42. The molecule has 0 spiro atoms. The lowest BCUT2D eigenvalue weighted by atomic mass is 10.1. The molecule has 0 bridgehead atoms. The minimum absolute atomic E-state index is 0.0243. The van der Waals surface area contributed by atoms with Crippen LogP contribution in [0.15, 0.2) is 29.4 Å². The summed E-state index contributed by atoms with van der Waals surface area (Å²) in [7, 11) is 0. The first-order valence-corrected chi connectivity index (χ1v) is 10.2. The number of hydrogen-bond donors (Lipinski definition) is 2. The molecule has 0 fully saturated rings. The van der Waals surface area contributed by atoms with Crippen LogP contribution < -0.4 is 10.6 Å². The fourth-order valence-electron chi connectivity index (χ4n) is 2.30. The van der Waals surface area contributed by atoms with E-state index in [1.807, 2.05) is 19.1 Å². The fourth-order valence-corrected chi connectivity index (χ4v) is 3.02. The van der Waals surface area contributed by atoms with Gasteiger partial charge in [-0.05, 0) is 47.4 Å². The van der Waals surface area contributed by atoms with Crippen LogP contribution >= 0.6 is 11.8 Å². The van der Waals surface area contributed by atoms with Gasteiger partial charge in [-0.15, -0.1) is 5.10 Å². The van der Waals surface area contributed by atoms with E-state index in [0.29, 0.717) is 11.7 Å². The zero-order chi connectivity index (χ0) is 19.5. The zero-order valence-corrected chi connectivity index (χ0v) is 16.6. The van der Waals surface area contributed by atoms with Crippen molar-refractivity contribution in [3.05, 3.63) is 29.8 Å². The lowest BCUT2D eigenvalue weighted by Crippen LogP contribution is -2.37. The van der Waals surface area contributed by atoms with Crippen molar-refractivity contribution in [2.45, 2.75) is 44.7 Å². The molecule has 1 aromatic heterocycles. The van der Waals surface area contributed by atoms with Gasteiger partial charge in [0.15, 0.2) is 0 Å². The first-order chi connectivity index (χ1) is 13.1. The van der Waals surface area contributed by atoms with Crippen LogP contribution in [-0.4, -0.2) is 50.9 Å². The predicted molar refractivity (Wildman–Crippen MR) is 105 cm³/mol. The largest absolute Gasteiger partial charge is 0.355 e. The molecule has 2 aromatic rings. The molecule has 0 atom stereocenters. The van der Waals surface area contributed by atoms with Crippen molar-refractivity contribution in [1.82, 2.24) is 30.8 Å². The van der Waals surface area contributed by atoms with Crippen LogP contribution in [0.4, 0.5) is 0 Å². The van der Waals surface area contributed by atoms with E-state index in [1.165, 1.54) is 17.3 Å². The average molecular weight is 391 g/mol. The van der Waals surface area contributed by atoms with Crippen molar-refractivity contribution in [3.63, 3.8) is 0 Å². The third-order valence-corrected chi connectivity index (χ3v) is 4.71. The number of nitrogens with one attached hydrogen (secondary N) is 2. The number of nitrogens with zero attached hydrogens (tertiary/aromatic N) is 4. The minimum Gasteiger partial charge on any atom is -0.355 e. The highest BCUT2D eigenvalue weighted by Crippen LogP contribution is 2.18. The smallest absolute Gasteiger partial charge is 0.239 e. The number of aromatic nitrogens is 4. The molecular weight excluding hydrogens is 364 g/mol. The Morgan fingerprint density at radius 1 is 1.07 bits per heavy atom. The molecule has 0 saturated carbocycles. The molecule has 0 aliphatic rings. The van der Waals surface area contributed by atoms with Crippen molar-refractivity contribution in [2.75, 3.05) is 18.8 Å². The molecule has 0 unspecified atom stereocenters. The maximum Gasteiger partial charge on any atom is 0.239 e. The topological polar surface area (TPSA) is 102 Å². The Balaban J connectivity index is 1.86. The van der Waals surface area contributed by atoms with E-state index < -0.39 is 0 Å². The number of thioether (sulfide) groups is 1. The van der Waals surface area contributed by atoms with Crippen LogP contribution in [0.5, 0.6) is 0 Å². The number of rotatable bonds is 11. The summed E-state index contributed by atoms with van der Waals surface area (Å²) < 4.78 is 1.61. The Morgan fingerprint density at radius 2 is 1.85 bits per heavy atom. The second-order valence-corrected chi connectivity index (χ2v) is 7.00. The maximum atomic E-state index is 11.9. The molecule has 0 aliphatic heterocycles. The average Bonchev–Trinajstić information content (AvgIpc) is 3.16. The predicted octanol–water partition coefficient (Wildman–Crippen LogP) is 1.74. The van der Waals surface area contributed by atoms with E-state index in [2.05, 4.69) is 45.2 Å². The molecule has 9 heteroatoms. The molecule has 0 aliphatic carbocycles. The molecular formula is C18H26N6O2S. The van der Waals surface area contributed by atoms with Gasteiger partial charge in [-0.1, -0.05) is 44.2 Å². The Labute approximate surface area is 163 Å². The van der Waals surface area contributed by atoms with Gasteiger partial charge in [0.2, 0.25) is 17.0 Å². The van der Waals surface area contributed by atoms with Crippen molar-refractivity contribution in [2.24, 2.45) is 0 Å². The normalized spacial score (nSPS) is 10.6. The molecule has 1 heterocycles. The number of aryl methyl sites for hydroxylation is 1. The van der Waals surface area contributed by atoms with Gasteiger partial charge in [0.25, 0.3) is 0 Å². The Morgan fingerprint density at radius 3 is 2.56 bits per heavy atom. The van der Waals surface area contributed by atoms with Crippen LogP contribution in [0.1, 0.15) is 38.7 Å². The summed E-state index contributed by atoms with van der Waals surface area (Å²) in [5, 5.41) is 17.5. The van der Waals surface area contributed by atoms with E-state index in [0.717, 1.165) is 31.4 Å². The molecule has 0 radical (unpaired) electrons. The summed E-state index contributed by atoms with van der Waals surface area (Å²) in [6, 6.07) is 8.10. The summed E-state index contributed by atoms with van der Waals surface area (Å²) in [5.41, 5.74) is 2.13. The van der Waals surface area contributed by atoms with Crippen molar-refractivity contribution < 1.29 is 9.59 Å². The van der Waals surface area contributed by atoms with Gasteiger partial charge in [-0.2, -0.15) is 4.68 Å². The molecule has 0 saturated heterocycles. The van der Waals surface area contributed by atoms with Crippen LogP contribution in [-0.2, 0) is 16.0 Å². The van der Waals surface area contributed by atoms with Gasteiger partial charge < -0.3 is 10.6 Å². The first-order valence-electron chi connectivity index (χ1n) is 9.18. The van der Waals surface area contributed by atoms with Crippen LogP contribution in [0.25, 0.3) is 5.69 Å². The molecule has 2 N–H and O–H groups in total. The first kappa shape index (κ1) is 20.9. The van der Waals surface area contributed by atoms with Crippen LogP contribution in [0, 0.1) is 0 Å². The second kappa shape index (κ2) is 11.3. The summed E-state index contributed by atoms with van der Waals surface area (Å²) in [5.74, 6) is -0.296. The third-order valence-electron chi connectivity index (χ3n) is 3.79. The SMILES string of the molecule is CCCCc1ccc(-n2nnnc2SCC(=O)NCC(=O)NCCC)cc1. The number of unbranched alkanes of at least 4 members (excludes halogenated alkanes) is 1. The van der Waals surface area contributed by atoms with Crippen LogP contribution in [0.3, 0.4) is 0 Å². The van der Waals surface area contributed by atoms with Gasteiger partial charge in [-0.3, -0.25) is 9.59 Å². The fraction of sp³-hybridized carbons (Fsp3) is 0.500. The lowest BCUT2D eigenvalue weighted by molar-refractivity contribution is -0.124. The highest BCUT2D eigenvalue weighted by atomic mass is 32.2. The molecule has 2 amide bonds. The van der Waals surface area contributed by atoms with Gasteiger partial charge in [0.05, 0.1) is 18.0 Å². The minimum atomic E-state index is -0.240. The highest BCUT2D eigenvalue weighted by Gasteiger charge is 2.12. The standard InChI is InChI=1S/C18H26N6O2S/c1-3-5-6-14-7-9-15(10-8-14)24-18(21-22-23-24)27-13-17(26)20-12-16(25)19-11-4-2/h7-10H,3-6,11-13H2,1-2H3,(H,19,25)(H,20,26). The van der Waals surface area contributed by atoms with E-state index in [1.54, 1.807) is 4.68 Å². The quantitative estimate of drug-likeness (QED) is 0.567. The van der Waals surface area contributed by atoms with Gasteiger partial charge in [0.1, 0.15) is 0 Å². The highest BCUT2D eigenvalue weighted by molar-refractivity contribution is 7.99. The summed E-state index contributed by atoms with van der Waals surface area (Å²) >= 11 is 1.23.